The number of benzene rings is 2. The first-order chi connectivity index (χ1) is 13.3. The Kier molecular flexibility index (Phi) is 6.38. The summed E-state index contributed by atoms with van der Waals surface area (Å²) < 4.78 is 27.4. The van der Waals surface area contributed by atoms with Crippen LogP contribution in [0.5, 0.6) is 0 Å². The highest BCUT2D eigenvalue weighted by Gasteiger charge is 2.14. The van der Waals surface area contributed by atoms with Crippen LogP contribution in [0.15, 0.2) is 63.7 Å². The van der Waals surface area contributed by atoms with Crippen molar-refractivity contribution in [1.82, 2.24) is 4.98 Å². The maximum atomic E-state index is 12.4. The molecule has 0 saturated heterocycles. The van der Waals surface area contributed by atoms with Crippen LogP contribution in [0.2, 0.25) is 0 Å². The minimum atomic E-state index is -3.63. The SMILES string of the molecule is Cc1ccc(S(=O)(=O)Nc2ccc(SCC(=O)Nc3nc(C)cs3)cc2)cc1. The average Bonchev–Trinajstić information content (AvgIpc) is 3.06. The third kappa shape index (κ3) is 5.57. The zero-order valence-electron chi connectivity index (χ0n) is 15.3. The molecule has 1 aromatic heterocycles. The Hall–Kier alpha value is -2.36. The number of sulfonamides is 1. The maximum Gasteiger partial charge on any atom is 0.261 e. The number of carbonyl (C=O) groups excluding carboxylic acids is 1. The molecular formula is C19H19N3O3S3. The Morgan fingerprint density at radius 2 is 1.75 bits per heavy atom. The van der Waals surface area contributed by atoms with E-state index in [4.69, 9.17) is 0 Å². The molecule has 0 bridgehead atoms. The lowest BCUT2D eigenvalue weighted by Crippen LogP contribution is -2.14. The molecule has 1 amide bonds. The smallest absolute Gasteiger partial charge is 0.261 e. The zero-order valence-corrected chi connectivity index (χ0v) is 17.7. The number of hydrogen-bond acceptors (Lipinski definition) is 6. The van der Waals surface area contributed by atoms with Crippen molar-refractivity contribution in [1.29, 1.82) is 0 Å². The molecule has 0 aliphatic rings. The second-order valence-corrected chi connectivity index (χ2v) is 9.66. The standard InChI is InChI=1S/C19H19N3O3S3/c1-13-3-9-17(10-4-13)28(24,25)22-15-5-7-16(8-6-15)26-12-18(23)21-19-20-14(2)11-27-19/h3-11,22H,12H2,1-2H3,(H,20,21,23). The molecule has 28 heavy (non-hydrogen) atoms. The second-order valence-electron chi connectivity index (χ2n) is 6.07. The van der Waals surface area contributed by atoms with Gasteiger partial charge in [-0.15, -0.1) is 23.1 Å². The quantitative estimate of drug-likeness (QED) is 0.543. The van der Waals surface area contributed by atoms with Gasteiger partial charge in [-0.2, -0.15) is 0 Å². The van der Waals surface area contributed by atoms with E-state index in [1.807, 2.05) is 19.2 Å². The van der Waals surface area contributed by atoms with Crippen LogP contribution in [0.4, 0.5) is 10.8 Å². The number of carbonyl (C=O) groups is 1. The normalized spacial score (nSPS) is 11.2. The molecule has 0 aliphatic heterocycles. The van der Waals surface area contributed by atoms with Crippen LogP contribution in [-0.4, -0.2) is 25.1 Å². The van der Waals surface area contributed by atoms with Crippen molar-refractivity contribution in [3.8, 4) is 0 Å². The van der Waals surface area contributed by atoms with E-state index in [9.17, 15) is 13.2 Å². The summed E-state index contributed by atoms with van der Waals surface area (Å²) in [7, 11) is -3.63. The topological polar surface area (TPSA) is 88.2 Å². The van der Waals surface area contributed by atoms with Crippen molar-refractivity contribution >= 4 is 49.8 Å². The maximum absolute atomic E-state index is 12.4. The summed E-state index contributed by atoms with van der Waals surface area (Å²) in [6.07, 6.45) is 0. The van der Waals surface area contributed by atoms with Crippen LogP contribution in [0.3, 0.4) is 0 Å². The van der Waals surface area contributed by atoms with Crippen LogP contribution in [0, 0.1) is 13.8 Å². The van der Waals surface area contributed by atoms with Crippen LogP contribution in [0.1, 0.15) is 11.3 Å². The fraction of sp³-hybridized carbons (Fsp3) is 0.158. The predicted octanol–water partition coefficient (Wildman–Crippen LogP) is 4.29. The van der Waals surface area contributed by atoms with Gasteiger partial charge in [0.05, 0.1) is 16.3 Å². The number of hydrogen-bond donors (Lipinski definition) is 2. The van der Waals surface area contributed by atoms with Gasteiger partial charge in [0.1, 0.15) is 0 Å². The number of amides is 1. The molecule has 9 heteroatoms. The molecule has 1 heterocycles. The van der Waals surface area contributed by atoms with Gasteiger partial charge in [-0.1, -0.05) is 17.7 Å². The van der Waals surface area contributed by atoms with Crippen molar-refractivity contribution < 1.29 is 13.2 Å². The van der Waals surface area contributed by atoms with E-state index < -0.39 is 10.0 Å². The summed E-state index contributed by atoms with van der Waals surface area (Å²) in [6.45, 7) is 3.77. The van der Waals surface area contributed by atoms with Crippen LogP contribution in [0.25, 0.3) is 0 Å². The molecule has 2 N–H and O–H groups in total. The molecule has 0 atom stereocenters. The Morgan fingerprint density at radius 1 is 1.07 bits per heavy atom. The molecular weight excluding hydrogens is 414 g/mol. The number of aryl methyl sites for hydroxylation is 2. The van der Waals surface area contributed by atoms with Crippen molar-refractivity contribution in [2.45, 2.75) is 23.6 Å². The molecule has 0 unspecified atom stereocenters. The first kappa shape index (κ1) is 20.4. The number of thiazole rings is 1. The van der Waals surface area contributed by atoms with Gasteiger partial charge in [-0.25, -0.2) is 13.4 Å². The third-order valence-corrected chi connectivity index (χ3v) is 6.96. The number of nitrogens with one attached hydrogen (secondary N) is 2. The van der Waals surface area contributed by atoms with E-state index >= 15 is 0 Å². The van der Waals surface area contributed by atoms with Crippen LogP contribution < -0.4 is 10.0 Å². The zero-order chi connectivity index (χ0) is 20.1. The molecule has 146 valence electrons. The summed E-state index contributed by atoms with van der Waals surface area (Å²) in [6, 6.07) is 13.6. The molecule has 0 spiro atoms. The molecule has 0 saturated carbocycles. The molecule has 0 radical (unpaired) electrons. The van der Waals surface area contributed by atoms with Crippen molar-refractivity contribution in [3.63, 3.8) is 0 Å². The fourth-order valence-electron chi connectivity index (χ4n) is 2.27. The lowest BCUT2D eigenvalue weighted by atomic mass is 10.2. The van der Waals surface area contributed by atoms with E-state index in [1.54, 1.807) is 48.5 Å². The average molecular weight is 434 g/mol. The highest BCUT2D eigenvalue weighted by molar-refractivity contribution is 8.00. The van der Waals surface area contributed by atoms with Crippen molar-refractivity contribution in [2.75, 3.05) is 15.8 Å². The van der Waals surface area contributed by atoms with Crippen molar-refractivity contribution in [3.05, 3.63) is 65.2 Å². The molecule has 3 aromatic rings. The number of aromatic nitrogens is 1. The molecule has 0 aliphatic carbocycles. The van der Waals surface area contributed by atoms with E-state index in [0.29, 0.717) is 10.8 Å². The Balaban J connectivity index is 1.55. The number of rotatable bonds is 7. The van der Waals surface area contributed by atoms with Gasteiger partial charge in [0.2, 0.25) is 5.91 Å². The van der Waals surface area contributed by atoms with Gasteiger partial charge < -0.3 is 5.32 Å². The molecule has 0 fully saturated rings. The fourth-order valence-corrected chi connectivity index (χ4v) is 4.73. The summed E-state index contributed by atoms with van der Waals surface area (Å²) >= 11 is 2.75. The molecule has 3 rings (SSSR count). The van der Waals surface area contributed by atoms with Gasteiger partial charge in [0, 0.05) is 16.0 Å². The summed E-state index contributed by atoms with van der Waals surface area (Å²) in [5.74, 6) is 0.107. The minimum absolute atomic E-state index is 0.136. The number of nitrogens with zero attached hydrogens (tertiary/aromatic N) is 1. The van der Waals surface area contributed by atoms with Gasteiger partial charge >= 0.3 is 0 Å². The highest BCUT2D eigenvalue weighted by Crippen LogP contribution is 2.23. The van der Waals surface area contributed by atoms with Gasteiger partial charge in [-0.3, -0.25) is 9.52 Å². The van der Waals surface area contributed by atoms with Crippen LogP contribution in [-0.2, 0) is 14.8 Å². The summed E-state index contributed by atoms with van der Waals surface area (Å²) in [5.41, 5.74) is 2.33. The Labute approximate surface area is 172 Å². The monoisotopic (exact) mass is 433 g/mol. The van der Waals surface area contributed by atoms with Gasteiger partial charge in [0.25, 0.3) is 10.0 Å². The van der Waals surface area contributed by atoms with E-state index in [-0.39, 0.29) is 16.6 Å². The predicted molar refractivity (Wildman–Crippen MR) is 115 cm³/mol. The lowest BCUT2D eigenvalue weighted by molar-refractivity contribution is -0.113. The highest BCUT2D eigenvalue weighted by atomic mass is 32.2. The summed E-state index contributed by atoms with van der Waals surface area (Å²) in [4.78, 5) is 17.2. The van der Waals surface area contributed by atoms with E-state index in [0.717, 1.165) is 16.2 Å². The molecule has 6 nitrogen and oxygen atoms in total. The second kappa shape index (κ2) is 8.76. The largest absolute Gasteiger partial charge is 0.301 e. The minimum Gasteiger partial charge on any atom is -0.301 e. The number of anilines is 2. The van der Waals surface area contributed by atoms with E-state index in [1.165, 1.54) is 23.1 Å². The first-order valence-corrected chi connectivity index (χ1v) is 11.7. The van der Waals surface area contributed by atoms with Gasteiger partial charge in [-0.05, 0) is 50.2 Å². The molecule has 2 aromatic carbocycles. The Morgan fingerprint density at radius 3 is 2.36 bits per heavy atom. The Bertz CT molecular complexity index is 1060. The van der Waals surface area contributed by atoms with Crippen molar-refractivity contribution in [2.24, 2.45) is 0 Å². The number of thioether (sulfide) groups is 1. The first-order valence-electron chi connectivity index (χ1n) is 8.36. The third-order valence-electron chi connectivity index (χ3n) is 3.67. The van der Waals surface area contributed by atoms with Gasteiger partial charge in [0.15, 0.2) is 5.13 Å². The van der Waals surface area contributed by atoms with E-state index in [2.05, 4.69) is 15.0 Å². The summed E-state index contributed by atoms with van der Waals surface area (Å²) in [5, 5.41) is 5.21. The lowest BCUT2D eigenvalue weighted by Gasteiger charge is -2.09. The van der Waals surface area contributed by atoms with Crippen LogP contribution >= 0.6 is 23.1 Å².